The number of amides is 1. The fourth-order valence-electron chi connectivity index (χ4n) is 5.16. The molecule has 2 aromatic carbocycles. The molecule has 0 spiro atoms. The Labute approximate surface area is 224 Å². The van der Waals surface area contributed by atoms with Gasteiger partial charge >= 0.3 is 11.9 Å². The van der Waals surface area contributed by atoms with Crippen LogP contribution in [0.15, 0.2) is 51.4 Å². The molecule has 0 atom stereocenters. The van der Waals surface area contributed by atoms with Crippen molar-refractivity contribution in [1.82, 2.24) is 4.90 Å². The van der Waals surface area contributed by atoms with Gasteiger partial charge in [0.25, 0.3) is 0 Å². The topological polar surface area (TPSA) is 108 Å². The van der Waals surface area contributed by atoms with Gasteiger partial charge in [-0.3, -0.25) is 9.59 Å². The minimum absolute atomic E-state index is 0.00783. The maximum absolute atomic E-state index is 13.2. The van der Waals surface area contributed by atoms with Crippen molar-refractivity contribution in [3.63, 3.8) is 0 Å². The van der Waals surface area contributed by atoms with Crippen molar-refractivity contribution in [1.29, 1.82) is 0 Å². The lowest BCUT2D eigenvalue weighted by atomic mass is 9.85. The maximum atomic E-state index is 13.2. The predicted molar refractivity (Wildman–Crippen MR) is 144 cm³/mol. The molecule has 1 fully saturated rings. The Hall–Kier alpha value is -3.13. The van der Waals surface area contributed by atoms with Gasteiger partial charge in [0.05, 0.1) is 15.5 Å². The molecule has 4 rings (SSSR count). The molecule has 1 heterocycles. The Bertz CT molecular complexity index is 1290. The Morgan fingerprint density at radius 1 is 1.03 bits per heavy atom. The number of unbranched alkanes of at least 4 members (excludes halogenated alkanes) is 2. The normalized spacial score (nSPS) is 14.6. The Morgan fingerprint density at radius 3 is 2.35 bits per heavy atom. The van der Waals surface area contributed by atoms with Gasteiger partial charge in [-0.2, -0.15) is 0 Å². The molecule has 2 N–H and O–H groups in total. The Balaban J connectivity index is 1.62. The average molecular weight is 570 g/mol. The molecule has 0 saturated heterocycles. The van der Waals surface area contributed by atoms with E-state index in [0.717, 1.165) is 53.1 Å². The number of halogens is 1. The largest absolute Gasteiger partial charge is 0.481 e. The second kappa shape index (κ2) is 11.5. The number of carboxylic acids is 2. The van der Waals surface area contributed by atoms with E-state index in [1.807, 2.05) is 18.2 Å². The van der Waals surface area contributed by atoms with Gasteiger partial charge in [-0.25, -0.2) is 4.79 Å². The zero-order chi connectivity index (χ0) is 26.6. The highest BCUT2D eigenvalue weighted by Crippen LogP contribution is 2.41. The second-order valence-electron chi connectivity index (χ2n) is 9.96. The van der Waals surface area contributed by atoms with E-state index in [2.05, 4.69) is 22.9 Å². The maximum Gasteiger partial charge on any atom is 0.335 e. The van der Waals surface area contributed by atoms with Gasteiger partial charge in [-0.1, -0.05) is 50.8 Å². The molecule has 3 aromatic rings. The first kappa shape index (κ1) is 26.9. The number of rotatable bonds is 11. The number of benzene rings is 2. The highest BCUT2D eigenvalue weighted by Gasteiger charge is 2.43. The van der Waals surface area contributed by atoms with E-state index in [4.69, 9.17) is 9.52 Å². The monoisotopic (exact) mass is 569 g/mol. The molecule has 1 aromatic heterocycles. The molecule has 0 bridgehead atoms. The zero-order valence-corrected chi connectivity index (χ0v) is 22.6. The number of fused-ring (bicyclic) bond motifs is 1. The van der Waals surface area contributed by atoms with Crippen LogP contribution in [-0.4, -0.2) is 39.5 Å². The second-order valence-corrected chi connectivity index (χ2v) is 10.8. The van der Waals surface area contributed by atoms with Gasteiger partial charge in [0.2, 0.25) is 5.91 Å². The van der Waals surface area contributed by atoms with Gasteiger partial charge in [0, 0.05) is 30.5 Å². The number of aromatic carboxylic acids is 1. The van der Waals surface area contributed by atoms with Gasteiger partial charge < -0.3 is 19.5 Å². The van der Waals surface area contributed by atoms with Crippen molar-refractivity contribution in [2.24, 2.45) is 5.41 Å². The molecule has 1 saturated carbocycles. The lowest BCUT2D eigenvalue weighted by Crippen LogP contribution is -2.44. The van der Waals surface area contributed by atoms with Crippen LogP contribution in [0.5, 0.6) is 0 Å². The molecular weight excluding hydrogens is 538 g/mol. The van der Waals surface area contributed by atoms with Crippen molar-refractivity contribution in [2.75, 3.05) is 6.54 Å². The fraction of sp³-hybridized carbons (Fsp3) is 0.414. The van der Waals surface area contributed by atoms with Crippen molar-refractivity contribution in [3.05, 3.63) is 58.1 Å². The summed E-state index contributed by atoms with van der Waals surface area (Å²) in [5, 5.41) is 20.0. The highest BCUT2D eigenvalue weighted by atomic mass is 79.9. The van der Waals surface area contributed by atoms with Crippen LogP contribution in [0.25, 0.3) is 22.3 Å². The first-order valence-electron chi connectivity index (χ1n) is 12.8. The van der Waals surface area contributed by atoms with Crippen LogP contribution in [-0.2, 0) is 16.1 Å². The number of carbonyl (C=O) groups is 3. The highest BCUT2D eigenvalue weighted by molar-refractivity contribution is 9.10. The third kappa shape index (κ3) is 5.90. The van der Waals surface area contributed by atoms with Gasteiger partial charge in [-0.15, -0.1) is 0 Å². The lowest BCUT2D eigenvalue weighted by molar-refractivity contribution is -0.151. The summed E-state index contributed by atoms with van der Waals surface area (Å²) in [4.78, 5) is 38.4. The minimum atomic E-state index is -0.990. The quantitative estimate of drug-likeness (QED) is 0.238. The van der Waals surface area contributed by atoms with Crippen LogP contribution in [0.3, 0.4) is 0 Å². The van der Waals surface area contributed by atoms with E-state index >= 15 is 0 Å². The molecule has 7 nitrogen and oxygen atoms in total. The van der Waals surface area contributed by atoms with Crippen LogP contribution >= 0.6 is 15.9 Å². The van der Waals surface area contributed by atoms with E-state index < -0.39 is 17.4 Å². The number of carboxylic acid groups (broad SMARTS) is 2. The van der Waals surface area contributed by atoms with E-state index in [1.165, 1.54) is 12.1 Å². The van der Waals surface area contributed by atoms with Crippen LogP contribution in [0, 0.1) is 5.41 Å². The summed E-state index contributed by atoms with van der Waals surface area (Å²) >= 11 is 3.64. The Kier molecular flexibility index (Phi) is 8.37. The van der Waals surface area contributed by atoms with E-state index in [-0.39, 0.29) is 18.0 Å². The third-order valence-corrected chi connectivity index (χ3v) is 8.10. The van der Waals surface area contributed by atoms with Crippen molar-refractivity contribution in [2.45, 2.75) is 64.8 Å². The number of aliphatic carboxylic acids is 1. The Morgan fingerprint density at radius 2 is 1.73 bits per heavy atom. The van der Waals surface area contributed by atoms with Gasteiger partial charge in [0.1, 0.15) is 11.3 Å². The minimum Gasteiger partial charge on any atom is -0.481 e. The van der Waals surface area contributed by atoms with E-state index in [0.29, 0.717) is 37.2 Å². The average Bonchev–Trinajstić information content (AvgIpc) is 3.49. The van der Waals surface area contributed by atoms with Crippen molar-refractivity contribution < 1.29 is 29.0 Å². The van der Waals surface area contributed by atoms with Crippen LogP contribution < -0.4 is 0 Å². The number of hydrogen-bond donors (Lipinski definition) is 2. The summed E-state index contributed by atoms with van der Waals surface area (Å²) in [6.45, 7) is 2.64. The molecular formula is C29H32BrNO6. The molecule has 0 radical (unpaired) electrons. The van der Waals surface area contributed by atoms with E-state index in [9.17, 15) is 19.5 Å². The molecule has 1 aliphatic carbocycles. The molecule has 8 heteroatoms. The SMILES string of the molecule is CCCCCC(=O)N(Cc1ccc2oc(-c3ccc(C(=O)O)cc3)c(Br)c2c1)CC1(C(=O)O)CCCC1. The van der Waals surface area contributed by atoms with Gasteiger partial charge in [-0.05, 0) is 65.0 Å². The zero-order valence-electron chi connectivity index (χ0n) is 21.0. The summed E-state index contributed by atoms with van der Waals surface area (Å²) in [5.74, 6) is -1.22. The van der Waals surface area contributed by atoms with Gasteiger partial charge in [0.15, 0.2) is 0 Å². The summed E-state index contributed by atoms with van der Waals surface area (Å²) < 4.78 is 6.80. The lowest BCUT2D eigenvalue weighted by Gasteiger charge is -2.32. The predicted octanol–water partition coefficient (Wildman–Crippen LogP) is 7.11. The molecule has 196 valence electrons. The molecule has 1 aliphatic rings. The first-order valence-corrected chi connectivity index (χ1v) is 13.6. The third-order valence-electron chi connectivity index (χ3n) is 7.31. The molecule has 37 heavy (non-hydrogen) atoms. The summed E-state index contributed by atoms with van der Waals surface area (Å²) in [6, 6.07) is 12.2. The number of nitrogens with zero attached hydrogens (tertiary/aromatic N) is 1. The van der Waals surface area contributed by atoms with Crippen molar-refractivity contribution in [3.8, 4) is 11.3 Å². The summed E-state index contributed by atoms with van der Waals surface area (Å²) in [6.07, 6.45) is 6.12. The standard InChI is InChI=1S/C29H32BrNO6/c1-2-3-4-7-24(32)31(18-29(28(35)36)14-5-6-15-29)17-19-8-13-23-22(16-19)25(30)26(37-23)20-9-11-21(12-10-20)27(33)34/h8-13,16H,2-7,14-15,17-18H2,1H3,(H,33,34)(H,35,36). The smallest absolute Gasteiger partial charge is 0.335 e. The van der Waals surface area contributed by atoms with Crippen LogP contribution in [0.1, 0.15) is 74.2 Å². The number of furan rings is 1. The van der Waals surface area contributed by atoms with Crippen LogP contribution in [0.4, 0.5) is 0 Å². The number of hydrogen-bond acceptors (Lipinski definition) is 4. The molecule has 1 amide bonds. The fourth-order valence-corrected chi connectivity index (χ4v) is 5.78. The van der Waals surface area contributed by atoms with E-state index in [1.54, 1.807) is 17.0 Å². The van der Waals surface area contributed by atoms with Crippen LogP contribution in [0.2, 0.25) is 0 Å². The summed E-state index contributed by atoms with van der Waals surface area (Å²) in [7, 11) is 0. The molecule has 0 aliphatic heterocycles. The number of carbonyl (C=O) groups excluding carboxylic acids is 1. The summed E-state index contributed by atoms with van der Waals surface area (Å²) in [5.41, 5.74) is 1.61. The molecule has 0 unspecified atom stereocenters. The first-order chi connectivity index (χ1) is 17.7. The van der Waals surface area contributed by atoms with Crippen molar-refractivity contribution >= 4 is 44.7 Å².